The summed E-state index contributed by atoms with van der Waals surface area (Å²) in [4.78, 5) is 0. The van der Waals surface area contributed by atoms with Gasteiger partial charge < -0.3 is 0 Å². The van der Waals surface area contributed by atoms with E-state index in [0.717, 1.165) is 5.92 Å². The second-order valence-corrected chi connectivity index (χ2v) is 3.75. The first-order valence-corrected chi connectivity index (χ1v) is 4.17. The van der Waals surface area contributed by atoms with Gasteiger partial charge >= 0.3 is 0 Å². The van der Waals surface area contributed by atoms with E-state index in [1.807, 2.05) is 0 Å². The molecular weight excluding hydrogens is 120 g/mol. The van der Waals surface area contributed by atoms with E-state index in [0.29, 0.717) is 5.41 Å². The Labute approximate surface area is 62.6 Å². The van der Waals surface area contributed by atoms with Crippen molar-refractivity contribution in [1.29, 1.82) is 0 Å². The lowest BCUT2D eigenvalue weighted by atomic mass is 9.77. The SMILES string of the molecule is C[C@@]12C=CC=C[C@@H]1CCC2. The Kier molecular flexibility index (Phi) is 1.23. The van der Waals surface area contributed by atoms with Crippen LogP contribution in [0.15, 0.2) is 24.3 Å². The Morgan fingerprint density at radius 2 is 2.30 bits per heavy atom. The molecule has 0 heteroatoms. The second kappa shape index (κ2) is 1.98. The molecule has 0 radical (unpaired) electrons. The molecule has 0 aromatic heterocycles. The molecular formula is C10H14. The Hall–Kier alpha value is -0.520. The minimum Gasteiger partial charge on any atom is -0.0806 e. The van der Waals surface area contributed by atoms with Crippen LogP contribution in [-0.2, 0) is 0 Å². The summed E-state index contributed by atoms with van der Waals surface area (Å²) in [7, 11) is 0. The summed E-state index contributed by atoms with van der Waals surface area (Å²) < 4.78 is 0. The average Bonchev–Trinajstić information content (AvgIpc) is 2.29. The van der Waals surface area contributed by atoms with Gasteiger partial charge in [0, 0.05) is 0 Å². The molecule has 0 aromatic carbocycles. The molecule has 0 amide bonds. The third-order valence-electron chi connectivity index (χ3n) is 3.01. The third kappa shape index (κ3) is 0.749. The van der Waals surface area contributed by atoms with E-state index >= 15 is 0 Å². The molecule has 0 heterocycles. The van der Waals surface area contributed by atoms with Crippen LogP contribution >= 0.6 is 0 Å². The molecule has 54 valence electrons. The van der Waals surface area contributed by atoms with E-state index < -0.39 is 0 Å². The van der Waals surface area contributed by atoms with Crippen molar-refractivity contribution in [3.63, 3.8) is 0 Å². The van der Waals surface area contributed by atoms with Crippen molar-refractivity contribution >= 4 is 0 Å². The number of rotatable bonds is 0. The molecule has 1 saturated carbocycles. The molecule has 0 N–H and O–H groups in total. The van der Waals surface area contributed by atoms with Crippen LogP contribution in [0.5, 0.6) is 0 Å². The van der Waals surface area contributed by atoms with Gasteiger partial charge in [-0.3, -0.25) is 0 Å². The lowest BCUT2D eigenvalue weighted by Gasteiger charge is -2.27. The van der Waals surface area contributed by atoms with Crippen molar-refractivity contribution in [2.24, 2.45) is 11.3 Å². The number of hydrogen-bond acceptors (Lipinski definition) is 0. The third-order valence-corrected chi connectivity index (χ3v) is 3.01. The van der Waals surface area contributed by atoms with Crippen LogP contribution in [0.25, 0.3) is 0 Å². The fourth-order valence-electron chi connectivity index (χ4n) is 2.21. The van der Waals surface area contributed by atoms with E-state index in [-0.39, 0.29) is 0 Å². The van der Waals surface area contributed by atoms with Gasteiger partial charge in [0.2, 0.25) is 0 Å². The van der Waals surface area contributed by atoms with Crippen LogP contribution in [0.3, 0.4) is 0 Å². The van der Waals surface area contributed by atoms with Crippen LogP contribution in [0.2, 0.25) is 0 Å². The predicted molar refractivity (Wildman–Crippen MR) is 43.7 cm³/mol. The molecule has 2 rings (SSSR count). The topological polar surface area (TPSA) is 0 Å². The van der Waals surface area contributed by atoms with Gasteiger partial charge in [0.1, 0.15) is 0 Å². The quantitative estimate of drug-likeness (QED) is 0.478. The van der Waals surface area contributed by atoms with Crippen LogP contribution in [0.4, 0.5) is 0 Å². The molecule has 2 aliphatic carbocycles. The largest absolute Gasteiger partial charge is 0.0806 e. The van der Waals surface area contributed by atoms with Crippen LogP contribution in [0, 0.1) is 11.3 Å². The molecule has 0 aromatic rings. The maximum atomic E-state index is 2.38. The summed E-state index contributed by atoms with van der Waals surface area (Å²) >= 11 is 0. The summed E-state index contributed by atoms with van der Waals surface area (Å²) in [5, 5.41) is 0. The number of fused-ring (bicyclic) bond motifs is 1. The van der Waals surface area contributed by atoms with Crippen molar-refractivity contribution in [3.8, 4) is 0 Å². The van der Waals surface area contributed by atoms with Gasteiger partial charge in [0.15, 0.2) is 0 Å². The first kappa shape index (κ1) is 6.21. The van der Waals surface area contributed by atoms with Gasteiger partial charge in [0.25, 0.3) is 0 Å². The molecule has 10 heavy (non-hydrogen) atoms. The summed E-state index contributed by atoms with van der Waals surface area (Å²) in [6, 6.07) is 0. The van der Waals surface area contributed by atoms with Gasteiger partial charge in [-0.2, -0.15) is 0 Å². The molecule has 0 bridgehead atoms. The normalized spacial score (nSPS) is 43.9. The summed E-state index contributed by atoms with van der Waals surface area (Å²) in [6.45, 7) is 2.38. The molecule has 2 aliphatic rings. The van der Waals surface area contributed by atoms with Gasteiger partial charge in [-0.05, 0) is 24.2 Å². The Bertz CT molecular complexity index is 188. The predicted octanol–water partition coefficient (Wildman–Crippen LogP) is 2.92. The lowest BCUT2D eigenvalue weighted by molar-refractivity contribution is 0.360. The van der Waals surface area contributed by atoms with Crippen molar-refractivity contribution < 1.29 is 0 Å². The Morgan fingerprint density at radius 1 is 1.40 bits per heavy atom. The first-order chi connectivity index (χ1) is 4.81. The Balaban J connectivity index is 2.30. The van der Waals surface area contributed by atoms with Crippen molar-refractivity contribution in [1.82, 2.24) is 0 Å². The van der Waals surface area contributed by atoms with E-state index in [2.05, 4.69) is 31.2 Å². The zero-order valence-corrected chi connectivity index (χ0v) is 6.51. The van der Waals surface area contributed by atoms with Crippen LogP contribution in [-0.4, -0.2) is 0 Å². The monoisotopic (exact) mass is 134 g/mol. The average molecular weight is 134 g/mol. The Morgan fingerprint density at radius 3 is 3.10 bits per heavy atom. The number of hydrogen-bond donors (Lipinski definition) is 0. The lowest BCUT2D eigenvalue weighted by Crippen LogP contribution is -2.18. The fraction of sp³-hybridized carbons (Fsp3) is 0.600. The van der Waals surface area contributed by atoms with Gasteiger partial charge in [-0.15, -0.1) is 0 Å². The smallest absolute Gasteiger partial charge is 0.00806 e. The highest BCUT2D eigenvalue weighted by Crippen LogP contribution is 2.46. The molecule has 0 saturated heterocycles. The summed E-state index contributed by atoms with van der Waals surface area (Å²) in [5.41, 5.74) is 0.523. The van der Waals surface area contributed by atoms with E-state index in [1.54, 1.807) is 0 Å². The minimum atomic E-state index is 0.523. The van der Waals surface area contributed by atoms with Gasteiger partial charge in [0.05, 0.1) is 0 Å². The zero-order valence-electron chi connectivity index (χ0n) is 6.51. The van der Waals surface area contributed by atoms with E-state index in [9.17, 15) is 0 Å². The summed E-state index contributed by atoms with van der Waals surface area (Å²) in [6.07, 6.45) is 13.3. The minimum absolute atomic E-state index is 0.523. The van der Waals surface area contributed by atoms with Gasteiger partial charge in [-0.25, -0.2) is 0 Å². The second-order valence-electron chi connectivity index (χ2n) is 3.75. The molecule has 0 nitrogen and oxygen atoms in total. The number of allylic oxidation sites excluding steroid dienone is 4. The maximum absolute atomic E-state index is 2.38. The van der Waals surface area contributed by atoms with Crippen LogP contribution in [0.1, 0.15) is 26.2 Å². The van der Waals surface area contributed by atoms with Crippen molar-refractivity contribution in [2.45, 2.75) is 26.2 Å². The highest BCUT2D eigenvalue weighted by Gasteiger charge is 2.35. The molecule has 0 aliphatic heterocycles. The highest BCUT2D eigenvalue weighted by molar-refractivity contribution is 5.20. The van der Waals surface area contributed by atoms with Crippen LogP contribution < -0.4 is 0 Å². The zero-order chi connectivity index (χ0) is 7.03. The van der Waals surface area contributed by atoms with Gasteiger partial charge in [-0.1, -0.05) is 37.6 Å². The summed E-state index contributed by atoms with van der Waals surface area (Å²) in [5.74, 6) is 0.845. The maximum Gasteiger partial charge on any atom is -0.00806 e. The molecule has 0 spiro atoms. The molecule has 0 unspecified atom stereocenters. The highest BCUT2D eigenvalue weighted by atomic mass is 14.4. The molecule has 1 fully saturated rings. The van der Waals surface area contributed by atoms with Crippen molar-refractivity contribution in [3.05, 3.63) is 24.3 Å². The fourth-order valence-corrected chi connectivity index (χ4v) is 2.21. The first-order valence-electron chi connectivity index (χ1n) is 4.17. The van der Waals surface area contributed by atoms with E-state index in [4.69, 9.17) is 0 Å². The van der Waals surface area contributed by atoms with Crippen molar-refractivity contribution in [2.75, 3.05) is 0 Å². The van der Waals surface area contributed by atoms with E-state index in [1.165, 1.54) is 19.3 Å². The standard InChI is InChI=1S/C10H14/c1-10-7-3-2-5-9(10)6-4-8-10/h2-3,5,7,9H,4,6,8H2,1H3/t9-,10+/m1/s1. The molecule has 2 atom stereocenters.